The van der Waals surface area contributed by atoms with E-state index in [-0.39, 0.29) is 0 Å². The quantitative estimate of drug-likeness (QED) is 0.507. The van der Waals surface area contributed by atoms with Crippen LogP contribution in [-0.2, 0) is 0 Å². The van der Waals surface area contributed by atoms with E-state index in [1.807, 2.05) is 66.7 Å². The van der Waals surface area contributed by atoms with Gasteiger partial charge in [-0.15, -0.1) is 0 Å². The summed E-state index contributed by atoms with van der Waals surface area (Å²) < 4.78 is 0. The van der Waals surface area contributed by atoms with Crippen molar-refractivity contribution in [1.29, 1.82) is 0 Å². The Kier molecular flexibility index (Phi) is 3.97. The number of benzene rings is 3. The summed E-state index contributed by atoms with van der Waals surface area (Å²) in [5.74, 6) is 0. The summed E-state index contributed by atoms with van der Waals surface area (Å²) in [6, 6.07) is 27.6. The highest BCUT2D eigenvalue weighted by Crippen LogP contribution is 2.31. The van der Waals surface area contributed by atoms with Crippen LogP contribution in [0.1, 0.15) is 10.4 Å². The molecule has 0 fully saturated rings. The minimum absolute atomic E-state index is 0.628. The lowest BCUT2D eigenvalue weighted by molar-refractivity contribution is 0.112. The third-order valence-electron chi connectivity index (χ3n) is 4.16. The number of carbonyl (C=O) groups is 1. The Morgan fingerprint density at radius 3 is 2.32 bits per heavy atom. The van der Waals surface area contributed by atoms with Crippen LogP contribution in [0, 0.1) is 0 Å². The Balaban J connectivity index is 1.79. The highest BCUT2D eigenvalue weighted by atomic mass is 16.1. The molecule has 4 rings (SSSR count). The molecule has 25 heavy (non-hydrogen) atoms. The molecule has 0 amide bonds. The second-order valence-electron chi connectivity index (χ2n) is 5.76. The van der Waals surface area contributed by atoms with E-state index in [1.165, 1.54) is 0 Å². The lowest BCUT2D eigenvalue weighted by atomic mass is 10.1. The highest BCUT2D eigenvalue weighted by molar-refractivity contribution is 5.89. The first kappa shape index (κ1) is 15.1. The zero-order chi connectivity index (χ0) is 17.1. The van der Waals surface area contributed by atoms with E-state index in [2.05, 4.69) is 17.4 Å². The maximum absolute atomic E-state index is 11.3. The molecular formula is C22H16N2O. The fourth-order valence-electron chi connectivity index (χ4n) is 2.89. The SMILES string of the molecule is O=Cc1ccccc1Nc1ccccc1-c1ccc2ccccc2n1. The number of hydrogen-bond acceptors (Lipinski definition) is 3. The van der Waals surface area contributed by atoms with Gasteiger partial charge >= 0.3 is 0 Å². The smallest absolute Gasteiger partial charge is 0.152 e. The summed E-state index contributed by atoms with van der Waals surface area (Å²) in [5, 5.41) is 4.48. The largest absolute Gasteiger partial charge is 0.354 e. The van der Waals surface area contributed by atoms with Crippen molar-refractivity contribution < 1.29 is 4.79 Å². The number of para-hydroxylation sites is 3. The number of rotatable bonds is 4. The number of hydrogen-bond donors (Lipinski definition) is 1. The Morgan fingerprint density at radius 1 is 0.720 bits per heavy atom. The summed E-state index contributed by atoms with van der Waals surface area (Å²) in [6.07, 6.45) is 0.860. The molecule has 3 heteroatoms. The molecule has 0 aliphatic heterocycles. The van der Waals surface area contributed by atoms with Gasteiger partial charge in [0.2, 0.25) is 0 Å². The number of nitrogens with one attached hydrogen (secondary N) is 1. The molecule has 3 aromatic carbocycles. The molecule has 3 nitrogen and oxygen atoms in total. The van der Waals surface area contributed by atoms with Gasteiger partial charge in [0.25, 0.3) is 0 Å². The van der Waals surface area contributed by atoms with Crippen LogP contribution in [0.25, 0.3) is 22.2 Å². The van der Waals surface area contributed by atoms with Gasteiger partial charge in [0, 0.05) is 27.9 Å². The molecule has 120 valence electrons. The Bertz CT molecular complexity index is 1060. The fourth-order valence-corrected chi connectivity index (χ4v) is 2.89. The molecule has 4 aromatic rings. The Morgan fingerprint density at radius 2 is 1.44 bits per heavy atom. The van der Waals surface area contributed by atoms with Crippen LogP contribution in [-0.4, -0.2) is 11.3 Å². The van der Waals surface area contributed by atoms with E-state index >= 15 is 0 Å². The highest BCUT2D eigenvalue weighted by Gasteiger charge is 2.09. The van der Waals surface area contributed by atoms with Gasteiger partial charge in [-0.25, -0.2) is 4.98 Å². The fraction of sp³-hybridized carbons (Fsp3) is 0. The number of aldehydes is 1. The number of fused-ring (bicyclic) bond motifs is 1. The van der Waals surface area contributed by atoms with Crippen molar-refractivity contribution in [1.82, 2.24) is 4.98 Å². The van der Waals surface area contributed by atoms with E-state index in [0.717, 1.165) is 39.8 Å². The van der Waals surface area contributed by atoms with E-state index < -0.39 is 0 Å². The first-order valence-corrected chi connectivity index (χ1v) is 8.11. The number of nitrogens with zero attached hydrogens (tertiary/aromatic N) is 1. The van der Waals surface area contributed by atoms with Crippen molar-refractivity contribution in [3.63, 3.8) is 0 Å². The molecule has 0 aliphatic carbocycles. The molecule has 0 bridgehead atoms. The van der Waals surface area contributed by atoms with Crippen molar-refractivity contribution in [2.24, 2.45) is 0 Å². The van der Waals surface area contributed by atoms with Crippen molar-refractivity contribution >= 4 is 28.6 Å². The molecule has 0 spiro atoms. The zero-order valence-corrected chi connectivity index (χ0v) is 13.5. The first-order chi connectivity index (χ1) is 12.3. The number of pyridine rings is 1. The summed E-state index contributed by atoms with van der Waals surface area (Å²) >= 11 is 0. The summed E-state index contributed by atoms with van der Waals surface area (Å²) in [5.41, 5.74) is 5.18. The van der Waals surface area contributed by atoms with Crippen molar-refractivity contribution in [2.45, 2.75) is 0 Å². The molecular weight excluding hydrogens is 308 g/mol. The minimum Gasteiger partial charge on any atom is -0.354 e. The zero-order valence-electron chi connectivity index (χ0n) is 13.5. The molecule has 0 radical (unpaired) electrons. The van der Waals surface area contributed by atoms with E-state index in [9.17, 15) is 4.79 Å². The topological polar surface area (TPSA) is 42.0 Å². The minimum atomic E-state index is 0.628. The second-order valence-corrected chi connectivity index (χ2v) is 5.76. The first-order valence-electron chi connectivity index (χ1n) is 8.11. The maximum Gasteiger partial charge on any atom is 0.152 e. The van der Waals surface area contributed by atoms with Gasteiger partial charge in [0.05, 0.1) is 11.2 Å². The molecule has 0 aliphatic rings. The second kappa shape index (κ2) is 6.57. The van der Waals surface area contributed by atoms with Crippen molar-refractivity contribution in [3.05, 3.63) is 90.5 Å². The standard InChI is InChI=1S/C22H16N2O/c25-15-17-8-2-5-11-20(17)24-21-12-6-3-9-18(21)22-14-13-16-7-1-4-10-19(16)23-22/h1-15,24H. The summed E-state index contributed by atoms with van der Waals surface area (Å²) in [6.45, 7) is 0. The van der Waals surface area contributed by atoms with Gasteiger partial charge in [-0.05, 0) is 30.3 Å². The molecule has 0 saturated carbocycles. The van der Waals surface area contributed by atoms with Crippen LogP contribution in [0.15, 0.2) is 84.9 Å². The Labute approximate surface area is 146 Å². The van der Waals surface area contributed by atoms with Crippen LogP contribution < -0.4 is 5.32 Å². The molecule has 1 heterocycles. The van der Waals surface area contributed by atoms with E-state index in [1.54, 1.807) is 6.07 Å². The number of aromatic nitrogens is 1. The lowest BCUT2D eigenvalue weighted by Crippen LogP contribution is -1.97. The van der Waals surface area contributed by atoms with Crippen LogP contribution in [0.3, 0.4) is 0 Å². The van der Waals surface area contributed by atoms with Gasteiger partial charge < -0.3 is 5.32 Å². The van der Waals surface area contributed by atoms with E-state index in [0.29, 0.717) is 5.56 Å². The third-order valence-corrected chi connectivity index (χ3v) is 4.16. The predicted octanol–water partition coefficient (Wildman–Crippen LogP) is 5.46. The summed E-state index contributed by atoms with van der Waals surface area (Å²) in [4.78, 5) is 16.0. The third kappa shape index (κ3) is 3.00. The molecule has 0 unspecified atom stereocenters. The van der Waals surface area contributed by atoms with Crippen molar-refractivity contribution in [3.8, 4) is 11.3 Å². The Hall–Kier alpha value is -3.46. The van der Waals surface area contributed by atoms with Crippen LogP contribution in [0.4, 0.5) is 11.4 Å². The molecule has 1 N–H and O–H groups in total. The van der Waals surface area contributed by atoms with Gasteiger partial charge in [0.1, 0.15) is 0 Å². The number of anilines is 2. The number of carbonyl (C=O) groups excluding carboxylic acids is 1. The lowest BCUT2D eigenvalue weighted by Gasteiger charge is -2.13. The average Bonchev–Trinajstić information content (AvgIpc) is 2.68. The summed E-state index contributed by atoms with van der Waals surface area (Å²) in [7, 11) is 0. The van der Waals surface area contributed by atoms with Crippen LogP contribution in [0.2, 0.25) is 0 Å². The van der Waals surface area contributed by atoms with E-state index in [4.69, 9.17) is 4.98 Å². The average molecular weight is 324 g/mol. The van der Waals surface area contributed by atoms with Gasteiger partial charge in [-0.2, -0.15) is 0 Å². The van der Waals surface area contributed by atoms with Crippen molar-refractivity contribution in [2.75, 3.05) is 5.32 Å². The maximum atomic E-state index is 11.3. The van der Waals surface area contributed by atoms with Gasteiger partial charge in [-0.3, -0.25) is 4.79 Å². The monoisotopic (exact) mass is 324 g/mol. The van der Waals surface area contributed by atoms with Gasteiger partial charge in [-0.1, -0.05) is 54.6 Å². The molecule has 1 aromatic heterocycles. The normalized spacial score (nSPS) is 10.6. The van der Waals surface area contributed by atoms with Gasteiger partial charge in [0.15, 0.2) is 6.29 Å². The van der Waals surface area contributed by atoms with Crippen LogP contribution in [0.5, 0.6) is 0 Å². The molecule has 0 atom stereocenters. The van der Waals surface area contributed by atoms with Crippen LogP contribution >= 0.6 is 0 Å². The predicted molar refractivity (Wildman–Crippen MR) is 102 cm³/mol. The molecule has 0 saturated heterocycles.